The third kappa shape index (κ3) is 6.17. The number of anilines is 1. The molecule has 10 heteroatoms. The van der Waals surface area contributed by atoms with Crippen LogP contribution in [-0.2, 0) is 4.79 Å². The Morgan fingerprint density at radius 3 is 2.38 bits per heavy atom. The van der Waals surface area contributed by atoms with Crippen LogP contribution in [-0.4, -0.2) is 35.8 Å². The third-order valence-corrected chi connectivity index (χ3v) is 6.83. The van der Waals surface area contributed by atoms with E-state index in [1.54, 1.807) is 25.3 Å². The van der Waals surface area contributed by atoms with Gasteiger partial charge in [0.05, 0.1) is 36.2 Å². The molecule has 0 spiro atoms. The van der Waals surface area contributed by atoms with Crippen molar-refractivity contribution in [1.29, 1.82) is 5.26 Å². The topological polar surface area (TPSA) is 127 Å². The molecule has 0 saturated heterocycles. The van der Waals surface area contributed by atoms with Gasteiger partial charge in [0.2, 0.25) is 5.91 Å². The highest BCUT2D eigenvalue weighted by Crippen LogP contribution is 2.38. The van der Waals surface area contributed by atoms with E-state index in [2.05, 4.69) is 11.4 Å². The number of para-hydroxylation sites is 2. The number of carbonyl (C=O) groups excluding carboxylic acids is 1. The van der Waals surface area contributed by atoms with Crippen LogP contribution in [0.3, 0.4) is 0 Å². The number of ether oxygens (including phenoxy) is 2. The Balaban J connectivity index is 1.73. The monoisotopic (exact) mass is 540 g/mol. The van der Waals surface area contributed by atoms with Crippen molar-refractivity contribution < 1.29 is 19.2 Å². The molecule has 1 amide bonds. The van der Waals surface area contributed by atoms with Crippen molar-refractivity contribution in [3.05, 3.63) is 94.0 Å². The molecule has 4 aromatic rings. The molecule has 196 valence electrons. The minimum Gasteiger partial charge on any atom is -0.493 e. The minimum absolute atomic E-state index is 0.0981. The molecule has 4 rings (SSSR count). The number of hydrogen-bond acceptors (Lipinski definition) is 8. The number of aryl methyl sites for hydroxylation is 1. The SMILES string of the molecule is COc1ccc(-c2cc(-c3ccc(C)cc3)nc(SCC(=O)Nc3ccccc3[N+](=O)[O-])c2C#N)cc1OC. The van der Waals surface area contributed by atoms with Crippen LogP contribution >= 0.6 is 11.8 Å². The van der Waals surface area contributed by atoms with Crippen molar-refractivity contribution in [3.8, 4) is 40.0 Å². The van der Waals surface area contributed by atoms with Crippen molar-refractivity contribution >= 4 is 29.0 Å². The van der Waals surface area contributed by atoms with E-state index in [0.717, 1.165) is 22.9 Å². The largest absolute Gasteiger partial charge is 0.493 e. The summed E-state index contributed by atoms with van der Waals surface area (Å²) in [6.07, 6.45) is 0. The summed E-state index contributed by atoms with van der Waals surface area (Å²) in [5.41, 5.74) is 4.08. The molecule has 0 aliphatic heterocycles. The van der Waals surface area contributed by atoms with E-state index >= 15 is 0 Å². The summed E-state index contributed by atoms with van der Waals surface area (Å²) < 4.78 is 10.8. The van der Waals surface area contributed by atoms with Crippen LogP contribution < -0.4 is 14.8 Å². The van der Waals surface area contributed by atoms with E-state index in [-0.39, 0.29) is 17.1 Å². The number of benzene rings is 3. The normalized spacial score (nSPS) is 10.4. The van der Waals surface area contributed by atoms with E-state index in [9.17, 15) is 20.2 Å². The van der Waals surface area contributed by atoms with Crippen LogP contribution in [0.4, 0.5) is 11.4 Å². The predicted octanol–water partition coefficient (Wildman–Crippen LogP) is 6.25. The number of aromatic nitrogens is 1. The smallest absolute Gasteiger partial charge is 0.292 e. The summed E-state index contributed by atoms with van der Waals surface area (Å²) in [7, 11) is 3.08. The molecular formula is C29H24N4O5S. The van der Waals surface area contributed by atoms with Crippen LogP contribution in [0.1, 0.15) is 11.1 Å². The molecule has 9 nitrogen and oxygen atoms in total. The number of carbonyl (C=O) groups is 1. The van der Waals surface area contributed by atoms with Gasteiger partial charge in [0.15, 0.2) is 11.5 Å². The number of nitrogens with one attached hydrogen (secondary N) is 1. The fourth-order valence-corrected chi connectivity index (χ4v) is 4.70. The van der Waals surface area contributed by atoms with Crippen molar-refractivity contribution in [1.82, 2.24) is 4.98 Å². The number of hydrogen-bond donors (Lipinski definition) is 1. The van der Waals surface area contributed by atoms with Gasteiger partial charge in [0.25, 0.3) is 5.69 Å². The van der Waals surface area contributed by atoms with Crippen molar-refractivity contribution in [2.75, 3.05) is 25.3 Å². The molecule has 0 radical (unpaired) electrons. The number of rotatable bonds is 9. The van der Waals surface area contributed by atoms with Gasteiger partial charge in [-0.15, -0.1) is 0 Å². The average molecular weight is 541 g/mol. The summed E-state index contributed by atoms with van der Waals surface area (Å²) >= 11 is 1.08. The van der Waals surface area contributed by atoms with E-state index in [4.69, 9.17) is 14.5 Å². The Morgan fingerprint density at radius 2 is 1.72 bits per heavy atom. The Kier molecular flexibility index (Phi) is 8.43. The molecule has 1 N–H and O–H groups in total. The van der Waals surface area contributed by atoms with Gasteiger partial charge in [-0.2, -0.15) is 5.26 Å². The number of methoxy groups -OCH3 is 2. The molecule has 0 bridgehead atoms. The Labute approximate surface area is 229 Å². The zero-order valence-corrected chi connectivity index (χ0v) is 22.2. The van der Waals surface area contributed by atoms with Gasteiger partial charge < -0.3 is 14.8 Å². The van der Waals surface area contributed by atoms with E-state index in [1.807, 2.05) is 43.3 Å². The van der Waals surface area contributed by atoms with Gasteiger partial charge in [-0.3, -0.25) is 14.9 Å². The number of thioether (sulfide) groups is 1. The maximum absolute atomic E-state index is 12.8. The van der Waals surface area contributed by atoms with Gasteiger partial charge in [0, 0.05) is 17.2 Å². The van der Waals surface area contributed by atoms with Crippen LogP contribution in [0.5, 0.6) is 11.5 Å². The fourth-order valence-electron chi connectivity index (χ4n) is 3.90. The fraction of sp³-hybridized carbons (Fsp3) is 0.138. The van der Waals surface area contributed by atoms with Gasteiger partial charge >= 0.3 is 0 Å². The molecule has 0 unspecified atom stereocenters. The quantitative estimate of drug-likeness (QED) is 0.150. The summed E-state index contributed by atoms with van der Waals surface area (Å²) in [6.45, 7) is 1.99. The first-order chi connectivity index (χ1) is 18.8. The second kappa shape index (κ2) is 12.1. The Hall–Kier alpha value is -4.88. The molecule has 0 atom stereocenters. The standard InChI is InChI=1S/C29H24N4O5S/c1-18-8-10-19(11-9-18)24-15-21(20-12-13-26(37-2)27(14-20)38-3)22(16-30)29(32-24)39-17-28(34)31-23-6-4-5-7-25(23)33(35)36/h4-15H,17H2,1-3H3,(H,31,34). The molecule has 0 aliphatic rings. The van der Waals surface area contributed by atoms with Crippen molar-refractivity contribution in [3.63, 3.8) is 0 Å². The first-order valence-corrected chi connectivity index (χ1v) is 12.7. The number of amides is 1. The van der Waals surface area contributed by atoms with E-state index in [0.29, 0.717) is 38.9 Å². The van der Waals surface area contributed by atoms with Crippen molar-refractivity contribution in [2.45, 2.75) is 11.9 Å². The highest BCUT2D eigenvalue weighted by Gasteiger charge is 2.20. The highest BCUT2D eigenvalue weighted by molar-refractivity contribution is 8.00. The maximum Gasteiger partial charge on any atom is 0.292 e. The first-order valence-electron chi connectivity index (χ1n) is 11.7. The molecule has 1 aromatic heterocycles. The van der Waals surface area contributed by atoms with Crippen LogP contribution in [0.25, 0.3) is 22.4 Å². The van der Waals surface area contributed by atoms with Crippen LogP contribution in [0.2, 0.25) is 0 Å². The minimum atomic E-state index is -0.557. The van der Waals surface area contributed by atoms with Gasteiger partial charge in [0.1, 0.15) is 16.8 Å². The number of pyridine rings is 1. The highest BCUT2D eigenvalue weighted by atomic mass is 32.2. The summed E-state index contributed by atoms with van der Waals surface area (Å²) in [5, 5.41) is 24.4. The second-order valence-corrected chi connectivity index (χ2v) is 9.36. The summed E-state index contributed by atoms with van der Waals surface area (Å²) in [4.78, 5) is 28.2. The summed E-state index contributed by atoms with van der Waals surface area (Å²) in [5.74, 6) is 0.476. The first kappa shape index (κ1) is 27.2. The van der Waals surface area contributed by atoms with E-state index < -0.39 is 10.8 Å². The molecule has 0 aliphatic carbocycles. The second-order valence-electron chi connectivity index (χ2n) is 8.39. The lowest BCUT2D eigenvalue weighted by Crippen LogP contribution is -2.15. The van der Waals surface area contributed by atoms with Gasteiger partial charge in [-0.1, -0.05) is 59.8 Å². The zero-order chi connectivity index (χ0) is 27.9. The average Bonchev–Trinajstić information content (AvgIpc) is 2.95. The molecular weight excluding hydrogens is 516 g/mol. The Bertz CT molecular complexity index is 1580. The maximum atomic E-state index is 12.8. The molecule has 3 aromatic carbocycles. The number of nitro benzene ring substituents is 1. The van der Waals surface area contributed by atoms with Crippen molar-refractivity contribution in [2.24, 2.45) is 0 Å². The van der Waals surface area contributed by atoms with Crippen LogP contribution in [0.15, 0.2) is 77.8 Å². The molecule has 39 heavy (non-hydrogen) atoms. The van der Waals surface area contributed by atoms with Gasteiger partial charge in [-0.25, -0.2) is 4.98 Å². The van der Waals surface area contributed by atoms with Crippen LogP contribution in [0, 0.1) is 28.4 Å². The van der Waals surface area contributed by atoms with Gasteiger partial charge in [-0.05, 0) is 36.8 Å². The third-order valence-electron chi connectivity index (χ3n) is 5.85. The lowest BCUT2D eigenvalue weighted by Gasteiger charge is -2.14. The number of nitriles is 1. The predicted molar refractivity (Wildman–Crippen MR) is 150 cm³/mol. The lowest BCUT2D eigenvalue weighted by atomic mass is 9.98. The molecule has 0 saturated carbocycles. The number of nitro groups is 1. The molecule has 0 fully saturated rings. The lowest BCUT2D eigenvalue weighted by molar-refractivity contribution is -0.383. The summed E-state index contributed by atoms with van der Waals surface area (Å²) in [6, 6.07) is 23.2. The zero-order valence-electron chi connectivity index (χ0n) is 21.4. The Morgan fingerprint density at radius 1 is 1.03 bits per heavy atom. The van der Waals surface area contributed by atoms with E-state index in [1.165, 1.54) is 25.3 Å². The molecule has 1 heterocycles. The number of nitrogens with zero attached hydrogens (tertiary/aromatic N) is 3.